The summed E-state index contributed by atoms with van der Waals surface area (Å²) in [5, 5.41) is 12.8. The lowest BCUT2D eigenvalue weighted by Gasteiger charge is -2.10. The van der Waals surface area contributed by atoms with Gasteiger partial charge in [-0.1, -0.05) is 6.07 Å². The van der Waals surface area contributed by atoms with E-state index in [9.17, 15) is 0 Å². The molecular weight excluding hydrogens is 463 g/mol. The number of hydrogen-bond donors (Lipinski definition) is 2. The van der Waals surface area contributed by atoms with Gasteiger partial charge in [0.05, 0.1) is 11.4 Å². The third kappa shape index (κ3) is 6.13. The molecule has 0 fully saturated rings. The lowest BCUT2D eigenvalue weighted by molar-refractivity contribution is 0.570. The molecule has 0 amide bonds. The van der Waals surface area contributed by atoms with Crippen molar-refractivity contribution >= 4 is 41.3 Å². The topological polar surface area (TPSA) is 80.3 Å². The van der Waals surface area contributed by atoms with Crippen LogP contribution in [0.25, 0.3) is 10.8 Å². The predicted octanol–water partition coefficient (Wildman–Crippen LogP) is 3.36. The molecule has 0 aliphatic carbocycles. The Bertz CT molecular complexity index is 769. The largest absolute Gasteiger partial charge is 0.443 e. The number of aromatic nitrogens is 3. The van der Waals surface area contributed by atoms with Gasteiger partial charge in [0.1, 0.15) is 12.0 Å². The molecule has 3 heterocycles. The van der Waals surface area contributed by atoms with E-state index in [1.807, 2.05) is 41.4 Å². The van der Waals surface area contributed by atoms with Gasteiger partial charge in [0, 0.05) is 32.0 Å². The standard InChI is InChI=1S/C17H22N6OS.HI/c1-2-18-17(19-7-4-9-23-10-5-8-21-23)20-12-14-13-24-16(22-14)15-6-3-11-25-15;/h3,5-6,8,10-11,13H,2,4,7,9,12H2,1H3,(H2,18,19,20);1H. The molecule has 7 nitrogen and oxygen atoms in total. The minimum atomic E-state index is 0. The molecule has 3 rings (SSSR count). The molecular formula is C17H23IN6OS. The summed E-state index contributed by atoms with van der Waals surface area (Å²) < 4.78 is 7.44. The van der Waals surface area contributed by atoms with Crippen molar-refractivity contribution in [1.29, 1.82) is 0 Å². The molecule has 0 bridgehead atoms. The van der Waals surface area contributed by atoms with Gasteiger partial charge in [-0.25, -0.2) is 9.98 Å². The van der Waals surface area contributed by atoms with Crippen molar-refractivity contribution in [3.05, 3.63) is 47.9 Å². The Hall–Kier alpha value is -1.88. The van der Waals surface area contributed by atoms with E-state index in [4.69, 9.17) is 4.42 Å². The smallest absolute Gasteiger partial charge is 0.236 e. The Morgan fingerprint density at radius 3 is 3.00 bits per heavy atom. The fourth-order valence-electron chi connectivity index (χ4n) is 2.28. The van der Waals surface area contributed by atoms with Crippen LogP contribution in [0, 0.1) is 0 Å². The summed E-state index contributed by atoms with van der Waals surface area (Å²) in [6.07, 6.45) is 6.40. The van der Waals surface area contributed by atoms with Crippen LogP contribution in [-0.4, -0.2) is 33.8 Å². The predicted molar refractivity (Wildman–Crippen MR) is 115 cm³/mol. The van der Waals surface area contributed by atoms with Crippen LogP contribution in [0.4, 0.5) is 0 Å². The van der Waals surface area contributed by atoms with E-state index < -0.39 is 0 Å². The van der Waals surface area contributed by atoms with E-state index in [-0.39, 0.29) is 24.0 Å². The summed E-state index contributed by atoms with van der Waals surface area (Å²) in [4.78, 5) is 10.1. The van der Waals surface area contributed by atoms with Crippen molar-refractivity contribution in [1.82, 2.24) is 25.4 Å². The van der Waals surface area contributed by atoms with Crippen molar-refractivity contribution in [2.75, 3.05) is 13.1 Å². The number of thiophene rings is 1. The molecule has 0 saturated carbocycles. The van der Waals surface area contributed by atoms with Crippen molar-refractivity contribution in [3.63, 3.8) is 0 Å². The Morgan fingerprint density at radius 1 is 1.35 bits per heavy atom. The lowest BCUT2D eigenvalue weighted by Crippen LogP contribution is -2.38. The van der Waals surface area contributed by atoms with Crippen LogP contribution in [0.15, 0.2) is 51.6 Å². The second kappa shape index (κ2) is 11.0. The van der Waals surface area contributed by atoms with E-state index in [2.05, 4.69) is 25.7 Å². The fourth-order valence-corrected chi connectivity index (χ4v) is 2.93. The van der Waals surface area contributed by atoms with E-state index in [1.165, 1.54) is 0 Å². The van der Waals surface area contributed by atoms with Crippen molar-refractivity contribution in [2.24, 2.45) is 4.99 Å². The first-order chi connectivity index (χ1) is 12.3. The van der Waals surface area contributed by atoms with E-state index in [0.717, 1.165) is 42.6 Å². The Labute approximate surface area is 174 Å². The Balaban J connectivity index is 0.00000243. The number of aliphatic imine (C=N–C) groups is 1. The number of nitrogens with one attached hydrogen (secondary N) is 2. The quantitative estimate of drug-likeness (QED) is 0.221. The zero-order valence-electron chi connectivity index (χ0n) is 14.6. The van der Waals surface area contributed by atoms with Gasteiger partial charge in [0.15, 0.2) is 5.96 Å². The van der Waals surface area contributed by atoms with Crippen LogP contribution >= 0.6 is 35.3 Å². The van der Waals surface area contributed by atoms with Crippen molar-refractivity contribution < 1.29 is 4.42 Å². The lowest BCUT2D eigenvalue weighted by atomic mass is 10.4. The third-order valence-electron chi connectivity index (χ3n) is 3.44. The molecule has 0 atom stereocenters. The van der Waals surface area contributed by atoms with E-state index in [1.54, 1.807) is 23.8 Å². The maximum atomic E-state index is 5.52. The number of oxazole rings is 1. The minimum absolute atomic E-state index is 0. The molecule has 0 aliphatic heterocycles. The SMILES string of the molecule is CCNC(=NCc1coc(-c2cccs2)n1)NCCCn1cccn1.I. The first-order valence-corrected chi connectivity index (χ1v) is 9.21. The maximum absolute atomic E-state index is 5.52. The molecule has 0 radical (unpaired) electrons. The van der Waals surface area contributed by atoms with Crippen LogP contribution in [-0.2, 0) is 13.1 Å². The van der Waals surface area contributed by atoms with Crippen molar-refractivity contribution in [2.45, 2.75) is 26.4 Å². The number of hydrogen-bond acceptors (Lipinski definition) is 5. The number of halogens is 1. The summed E-state index contributed by atoms with van der Waals surface area (Å²) in [7, 11) is 0. The van der Waals surface area contributed by atoms with Gasteiger partial charge in [-0.15, -0.1) is 35.3 Å². The van der Waals surface area contributed by atoms with E-state index >= 15 is 0 Å². The van der Waals surface area contributed by atoms with Gasteiger partial charge in [0.25, 0.3) is 0 Å². The van der Waals surface area contributed by atoms with Crippen LogP contribution in [0.3, 0.4) is 0 Å². The van der Waals surface area contributed by atoms with Crippen LogP contribution in [0.2, 0.25) is 0 Å². The van der Waals surface area contributed by atoms with Gasteiger partial charge in [0.2, 0.25) is 5.89 Å². The number of nitrogens with zero attached hydrogens (tertiary/aromatic N) is 4. The highest BCUT2D eigenvalue weighted by Gasteiger charge is 2.07. The molecule has 0 aliphatic rings. The molecule has 0 spiro atoms. The molecule has 3 aromatic heterocycles. The van der Waals surface area contributed by atoms with Gasteiger partial charge in [-0.3, -0.25) is 4.68 Å². The van der Waals surface area contributed by atoms with Crippen LogP contribution in [0.1, 0.15) is 19.0 Å². The minimum Gasteiger partial charge on any atom is -0.443 e. The number of guanidine groups is 1. The van der Waals surface area contributed by atoms with Gasteiger partial charge >= 0.3 is 0 Å². The molecule has 3 aromatic rings. The molecule has 140 valence electrons. The first-order valence-electron chi connectivity index (χ1n) is 8.33. The van der Waals surface area contributed by atoms with Gasteiger partial charge in [-0.2, -0.15) is 5.10 Å². The fraction of sp³-hybridized carbons (Fsp3) is 0.353. The number of aryl methyl sites for hydroxylation is 1. The molecule has 26 heavy (non-hydrogen) atoms. The molecule has 0 unspecified atom stereocenters. The number of rotatable bonds is 8. The molecule has 2 N–H and O–H groups in total. The average molecular weight is 486 g/mol. The average Bonchev–Trinajstić information content (AvgIpc) is 3.38. The summed E-state index contributed by atoms with van der Waals surface area (Å²) in [5.41, 5.74) is 0.817. The summed E-state index contributed by atoms with van der Waals surface area (Å²) in [6.45, 7) is 5.04. The van der Waals surface area contributed by atoms with Crippen LogP contribution in [0.5, 0.6) is 0 Å². The molecule has 9 heteroatoms. The van der Waals surface area contributed by atoms with Crippen LogP contribution < -0.4 is 10.6 Å². The molecule has 0 aromatic carbocycles. The zero-order chi connectivity index (χ0) is 17.3. The monoisotopic (exact) mass is 486 g/mol. The highest BCUT2D eigenvalue weighted by atomic mass is 127. The summed E-state index contributed by atoms with van der Waals surface area (Å²) >= 11 is 1.61. The highest BCUT2D eigenvalue weighted by molar-refractivity contribution is 14.0. The second-order valence-corrected chi connectivity index (χ2v) is 6.31. The van der Waals surface area contributed by atoms with Gasteiger partial charge in [-0.05, 0) is 30.9 Å². The first kappa shape index (κ1) is 20.4. The normalized spacial score (nSPS) is 11.2. The Kier molecular flexibility index (Phi) is 8.62. The zero-order valence-corrected chi connectivity index (χ0v) is 17.7. The van der Waals surface area contributed by atoms with Crippen molar-refractivity contribution in [3.8, 4) is 10.8 Å². The second-order valence-electron chi connectivity index (χ2n) is 5.37. The Morgan fingerprint density at radius 2 is 2.27 bits per heavy atom. The summed E-state index contributed by atoms with van der Waals surface area (Å²) in [6, 6.07) is 5.91. The molecule has 0 saturated heterocycles. The summed E-state index contributed by atoms with van der Waals surface area (Å²) in [5.74, 6) is 1.43. The maximum Gasteiger partial charge on any atom is 0.236 e. The van der Waals surface area contributed by atoms with E-state index in [0.29, 0.717) is 12.4 Å². The van der Waals surface area contributed by atoms with Gasteiger partial charge < -0.3 is 15.1 Å². The third-order valence-corrected chi connectivity index (χ3v) is 4.30. The highest BCUT2D eigenvalue weighted by Crippen LogP contribution is 2.23.